The number of carbonyl (C=O) groups excluding carboxylic acids is 1. The Morgan fingerprint density at radius 2 is 2.14 bits per heavy atom. The predicted octanol–water partition coefficient (Wildman–Crippen LogP) is 2.99. The van der Waals surface area contributed by atoms with Gasteiger partial charge in [-0.15, -0.1) is 10.2 Å². The highest BCUT2D eigenvalue weighted by atomic mass is 35.5. The Bertz CT molecular complexity index is 589. The molecule has 0 aliphatic carbocycles. The van der Waals surface area contributed by atoms with Gasteiger partial charge in [0.25, 0.3) is 5.22 Å². The molecule has 2 rings (SSSR count). The molecule has 0 fully saturated rings. The molecule has 2 aromatic rings. The van der Waals surface area contributed by atoms with Gasteiger partial charge in [-0.3, -0.25) is 4.79 Å². The van der Waals surface area contributed by atoms with E-state index in [1.165, 1.54) is 0 Å². The maximum atomic E-state index is 11.2. The number of rotatable bonds is 7. The lowest BCUT2D eigenvalue weighted by Crippen LogP contribution is -2.06. The molecule has 0 radical (unpaired) electrons. The van der Waals surface area contributed by atoms with Crippen LogP contribution in [0.3, 0.4) is 0 Å². The maximum Gasteiger partial charge on any atom is 0.316 e. The Morgan fingerprint density at radius 3 is 2.86 bits per heavy atom. The first-order valence-corrected chi connectivity index (χ1v) is 7.64. The van der Waals surface area contributed by atoms with E-state index in [-0.39, 0.29) is 11.7 Å². The number of thioether (sulfide) groups is 1. The van der Waals surface area contributed by atoms with Gasteiger partial charge in [0.05, 0.1) is 13.2 Å². The maximum absolute atomic E-state index is 11.2. The summed E-state index contributed by atoms with van der Waals surface area (Å²) in [5, 5.41) is 11.9. The van der Waals surface area contributed by atoms with Gasteiger partial charge in [0.2, 0.25) is 5.89 Å². The van der Waals surface area contributed by atoms with E-state index < -0.39 is 0 Å². The molecule has 0 spiro atoms. The van der Waals surface area contributed by atoms with Gasteiger partial charge in [0.1, 0.15) is 5.75 Å². The van der Waals surface area contributed by atoms with Gasteiger partial charge in [0, 0.05) is 10.7 Å². The number of anilines is 1. The topological polar surface area (TPSA) is 77.2 Å². The van der Waals surface area contributed by atoms with Crippen LogP contribution in [-0.4, -0.2) is 28.5 Å². The summed E-state index contributed by atoms with van der Waals surface area (Å²) in [6.07, 6.45) is 0. The first-order valence-electron chi connectivity index (χ1n) is 6.27. The lowest BCUT2D eigenvalue weighted by atomic mass is 10.3. The van der Waals surface area contributed by atoms with Crippen molar-refractivity contribution in [3.8, 4) is 0 Å². The lowest BCUT2D eigenvalue weighted by Gasteiger charge is -2.02. The lowest BCUT2D eigenvalue weighted by molar-refractivity contribution is -0.139. The largest absolute Gasteiger partial charge is 0.465 e. The zero-order valence-corrected chi connectivity index (χ0v) is 12.9. The Balaban J connectivity index is 1.80. The van der Waals surface area contributed by atoms with Gasteiger partial charge >= 0.3 is 5.97 Å². The van der Waals surface area contributed by atoms with Crippen LogP contribution in [0, 0.1) is 0 Å². The van der Waals surface area contributed by atoms with Crippen LogP contribution in [0.25, 0.3) is 0 Å². The van der Waals surface area contributed by atoms with Crippen LogP contribution >= 0.6 is 23.4 Å². The summed E-state index contributed by atoms with van der Waals surface area (Å²) in [7, 11) is 0. The van der Waals surface area contributed by atoms with Gasteiger partial charge in [-0.1, -0.05) is 23.4 Å². The van der Waals surface area contributed by atoms with Crippen molar-refractivity contribution >= 4 is 35.0 Å². The fraction of sp³-hybridized carbons (Fsp3) is 0.308. The summed E-state index contributed by atoms with van der Waals surface area (Å²) >= 11 is 6.96. The molecule has 0 saturated heterocycles. The zero-order chi connectivity index (χ0) is 15.1. The van der Waals surface area contributed by atoms with E-state index in [9.17, 15) is 4.79 Å². The summed E-state index contributed by atoms with van der Waals surface area (Å²) in [4.78, 5) is 11.2. The van der Waals surface area contributed by atoms with Crippen molar-refractivity contribution in [2.45, 2.75) is 18.7 Å². The van der Waals surface area contributed by atoms with Crippen LogP contribution in [0.2, 0.25) is 5.02 Å². The van der Waals surface area contributed by atoms with Crippen LogP contribution in [0.1, 0.15) is 12.8 Å². The van der Waals surface area contributed by atoms with E-state index in [0.29, 0.717) is 29.3 Å². The van der Waals surface area contributed by atoms with Crippen molar-refractivity contribution in [3.05, 3.63) is 35.2 Å². The second-order valence-electron chi connectivity index (χ2n) is 3.92. The van der Waals surface area contributed by atoms with Crippen molar-refractivity contribution in [1.29, 1.82) is 0 Å². The first kappa shape index (κ1) is 15.7. The van der Waals surface area contributed by atoms with Gasteiger partial charge in [-0.25, -0.2) is 0 Å². The molecule has 112 valence electrons. The summed E-state index contributed by atoms with van der Waals surface area (Å²) in [5.74, 6) is 0.290. The average Bonchev–Trinajstić information content (AvgIpc) is 2.93. The number of ether oxygens (including phenoxy) is 1. The molecule has 0 atom stereocenters. The Kier molecular flexibility index (Phi) is 5.89. The van der Waals surface area contributed by atoms with Crippen LogP contribution in [0.5, 0.6) is 0 Å². The molecule has 21 heavy (non-hydrogen) atoms. The molecule has 0 amide bonds. The number of carbonyl (C=O) groups is 1. The highest BCUT2D eigenvalue weighted by Gasteiger charge is 2.10. The minimum atomic E-state index is -0.304. The molecular weight excluding hydrogens is 314 g/mol. The second-order valence-corrected chi connectivity index (χ2v) is 5.28. The number of halogens is 1. The first-order chi connectivity index (χ1) is 10.2. The molecule has 8 heteroatoms. The number of hydrogen-bond acceptors (Lipinski definition) is 7. The minimum Gasteiger partial charge on any atom is -0.465 e. The third-order valence-corrected chi connectivity index (χ3v) is 3.40. The molecule has 0 aliphatic rings. The van der Waals surface area contributed by atoms with Gasteiger partial charge in [-0.05, 0) is 31.2 Å². The molecule has 1 N–H and O–H groups in total. The number of nitrogens with one attached hydrogen (secondary N) is 1. The standard InChI is InChI=1S/C13H14ClN3O3S/c1-2-19-12(18)8-21-13-17-16-11(20-13)7-15-10-5-3-9(14)4-6-10/h3-6,15H,2,7-8H2,1H3. The number of hydrogen-bond donors (Lipinski definition) is 1. The summed E-state index contributed by atoms with van der Waals surface area (Å²) in [6, 6.07) is 7.29. The van der Waals surface area contributed by atoms with E-state index in [4.69, 9.17) is 20.8 Å². The summed E-state index contributed by atoms with van der Waals surface area (Å²) in [6.45, 7) is 2.52. The van der Waals surface area contributed by atoms with Crippen LogP contribution in [0.4, 0.5) is 5.69 Å². The molecule has 0 unspecified atom stereocenters. The van der Waals surface area contributed by atoms with Gasteiger partial charge < -0.3 is 14.5 Å². The Hall–Kier alpha value is -1.73. The molecule has 0 aliphatic heterocycles. The molecular formula is C13H14ClN3O3S. The van der Waals surface area contributed by atoms with Gasteiger partial charge in [0.15, 0.2) is 0 Å². The van der Waals surface area contributed by atoms with E-state index in [1.807, 2.05) is 12.1 Å². The third kappa shape index (κ3) is 5.28. The van der Waals surface area contributed by atoms with Crippen molar-refractivity contribution in [1.82, 2.24) is 10.2 Å². The molecule has 6 nitrogen and oxygen atoms in total. The number of nitrogens with zero attached hydrogens (tertiary/aromatic N) is 2. The zero-order valence-electron chi connectivity index (χ0n) is 11.3. The summed E-state index contributed by atoms with van der Waals surface area (Å²) in [5.41, 5.74) is 0.901. The minimum absolute atomic E-state index is 0.153. The van der Waals surface area contributed by atoms with Crippen molar-refractivity contribution in [3.63, 3.8) is 0 Å². The van der Waals surface area contributed by atoms with E-state index in [2.05, 4.69) is 15.5 Å². The number of aromatic nitrogens is 2. The highest BCUT2D eigenvalue weighted by Crippen LogP contribution is 2.18. The normalized spacial score (nSPS) is 10.4. The quantitative estimate of drug-likeness (QED) is 0.618. The highest BCUT2D eigenvalue weighted by molar-refractivity contribution is 7.99. The molecule has 1 heterocycles. The predicted molar refractivity (Wildman–Crippen MR) is 80.4 cm³/mol. The SMILES string of the molecule is CCOC(=O)CSc1nnc(CNc2ccc(Cl)cc2)o1. The Morgan fingerprint density at radius 1 is 1.38 bits per heavy atom. The molecule has 1 aromatic heterocycles. The monoisotopic (exact) mass is 327 g/mol. The molecule has 0 bridgehead atoms. The van der Waals surface area contributed by atoms with Crippen molar-refractivity contribution in [2.24, 2.45) is 0 Å². The van der Waals surface area contributed by atoms with Gasteiger partial charge in [-0.2, -0.15) is 0 Å². The second kappa shape index (κ2) is 7.90. The van der Waals surface area contributed by atoms with E-state index in [1.54, 1.807) is 19.1 Å². The Labute approximate surface area is 131 Å². The van der Waals surface area contributed by atoms with Crippen LogP contribution < -0.4 is 5.32 Å². The number of esters is 1. The smallest absolute Gasteiger partial charge is 0.316 e. The van der Waals surface area contributed by atoms with E-state index in [0.717, 1.165) is 17.4 Å². The van der Waals surface area contributed by atoms with Crippen molar-refractivity contribution in [2.75, 3.05) is 17.7 Å². The summed E-state index contributed by atoms with van der Waals surface area (Å²) < 4.78 is 10.2. The van der Waals surface area contributed by atoms with Crippen LogP contribution in [-0.2, 0) is 16.1 Å². The van der Waals surface area contributed by atoms with Crippen LogP contribution in [0.15, 0.2) is 33.9 Å². The molecule has 0 saturated carbocycles. The number of benzene rings is 1. The third-order valence-electron chi connectivity index (χ3n) is 2.36. The average molecular weight is 328 g/mol. The molecule has 1 aromatic carbocycles. The fourth-order valence-corrected chi connectivity index (χ4v) is 2.14. The van der Waals surface area contributed by atoms with E-state index >= 15 is 0 Å². The fourth-order valence-electron chi connectivity index (χ4n) is 1.44. The van der Waals surface area contributed by atoms with Crippen molar-refractivity contribution < 1.29 is 13.9 Å².